The molecule has 0 saturated heterocycles. The van der Waals surface area contributed by atoms with Crippen molar-refractivity contribution in [3.63, 3.8) is 0 Å². The minimum absolute atomic E-state index is 0.178. The second-order valence-corrected chi connectivity index (χ2v) is 5.59. The molecule has 0 aliphatic heterocycles. The van der Waals surface area contributed by atoms with Crippen molar-refractivity contribution in [1.29, 1.82) is 0 Å². The number of carboxylic acids is 1. The highest BCUT2D eigenvalue weighted by Gasteiger charge is 2.37. The highest BCUT2D eigenvalue weighted by molar-refractivity contribution is 5.72. The zero-order valence-electron chi connectivity index (χ0n) is 11.0. The fourth-order valence-electron chi connectivity index (χ4n) is 2.91. The molecule has 98 valence electrons. The summed E-state index contributed by atoms with van der Waals surface area (Å²) in [5, 5.41) is 12.1. The van der Waals surface area contributed by atoms with Gasteiger partial charge < -0.3 is 10.4 Å². The summed E-state index contributed by atoms with van der Waals surface area (Å²) in [7, 11) is 0. The molecule has 1 aromatic rings. The van der Waals surface area contributed by atoms with E-state index < -0.39 is 12.0 Å². The number of nitrogens with one attached hydrogen (secondary N) is 1. The zero-order chi connectivity index (χ0) is 13.2. The van der Waals surface area contributed by atoms with Crippen molar-refractivity contribution < 1.29 is 9.90 Å². The molecule has 1 fully saturated rings. The van der Waals surface area contributed by atoms with Crippen LogP contribution in [0.25, 0.3) is 0 Å². The Morgan fingerprint density at radius 1 is 1.44 bits per heavy atom. The number of aliphatic carboxylic acids is 1. The van der Waals surface area contributed by atoms with E-state index in [0.717, 1.165) is 19.3 Å². The van der Waals surface area contributed by atoms with Gasteiger partial charge in [0.1, 0.15) is 6.04 Å². The van der Waals surface area contributed by atoms with Crippen molar-refractivity contribution in [2.45, 2.75) is 50.6 Å². The summed E-state index contributed by atoms with van der Waals surface area (Å²) in [6.07, 6.45) is 3.17. The van der Waals surface area contributed by atoms with E-state index in [4.69, 9.17) is 5.11 Å². The smallest absolute Gasteiger partial charge is 0.320 e. The van der Waals surface area contributed by atoms with E-state index in [9.17, 15) is 4.79 Å². The van der Waals surface area contributed by atoms with Crippen molar-refractivity contribution in [3.05, 3.63) is 35.9 Å². The third-order valence-electron chi connectivity index (χ3n) is 4.07. The predicted molar refractivity (Wildman–Crippen MR) is 71.7 cm³/mol. The van der Waals surface area contributed by atoms with Crippen LogP contribution in [0.2, 0.25) is 0 Å². The molecule has 2 N–H and O–H groups in total. The summed E-state index contributed by atoms with van der Waals surface area (Å²) in [6.45, 7) is 3.98. The van der Waals surface area contributed by atoms with Gasteiger partial charge in [-0.25, -0.2) is 0 Å². The SMILES string of the molecule is CC(NC1CCC(C)(c2ccccc2)C1)C(=O)O. The van der Waals surface area contributed by atoms with E-state index in [1.54, 1.807) is 6.92 Å². The number of rotatable bonds is 4. The van der Waals surface area contributed by atoms with E-state index in [0.29, 0.717) is 6.04 Å². The highest BCUT2D eigenvalue weighted by atomic mass is 16.4. The molecule has 0 aromatic heterocycles. The average molecular weight is 247 g/mol. The normalized spacial score (nSPS) is 29.1. The lowest BCUT2D eigenvalue weighted by molar-refractivity contribution is -0.139. The van der Waals surface area contributed by atoms with Crippen molar-refractivity contribution in [2.24, 2.45) is 0 Å². The van der Waals surface area contributed by atoms with Crippen LogP contribution in [-0.4, -0.2) is 23.2 Å². The Morgan fingerprint density at radius 3 is 2.72 bits per heavy atom. The Bertz CT molecular complexity index is 418. The maximum absolute atomic E-state index is 10.9. The quantitative estimate of drug-likeness (QED) is 0.859. The predicted octanol–water partition coefficient (Wildman–Crippen LogP) is 2.56. The van der Waals surface area contributed by atoms with E-state index in [2.05, 4.69) is 36.5 Å². The standard InChI is InChI=1S/C15H21NO2/c1-11(14(17)18)16-13-8-9-15(2,10-13)12-6-4-3-5-7-12/h3-7,11,13,16H,8-10H2,1-2H3,(H,17,18). The second-order valence-electron chi connectivity index (χ2n) is 5.59. The summed E-state index contributed by atoms with van der Waals surface area (Å²) in [5.41, 5.74) is 1.54. The Balaban J connectivity index is 2.01. The van der Waals surface area contributed by atoms with Gasteiger partial charge in [0.15, 0.2) is 0 Å². The van der Waals surface area contributed by atoms with Crippen LogP contribution in [0, 0.1) is 0 Å². The first-order valence-electron chi connectivity index (χ1n) is 6.56. The Hall–Kier alpha value is -1.35. The molecule has 3 unspecified atom stereocenters. The molecule has 0 radical (unpaired) electrons. The lowest BCUT2D eigenvalue weighted by atomic mass is 9.81. The van der Waals surface area contributed by atoms with Crippen molar-refractivity contribution in [1.82, 2.24) is 5.32 Å². The Morgan fingerprint density at radius 2 is 2.11 bits per heavy atom. The van der Waals surface area contributed by atoms with Crippen molar-refractivity contribution in [3.8, 4) is 0 Å². The molecular weight excluding hydrogens is 226 g/mol. The summed E-state index contributed by atoms with van der Waals surface area (Å²) in [4.78, 5) is 10.9. The average Bonchev–Trinajstić information content (AvgIpc) is 2.73. The number of carboxylic acid groups (broad SMARTS) is 1. The topological polar surface area (TPSA) is 49.3 Å². The van der Waals surface area contributed by atoms with Crippen LogP contribution in [0.15, 0.2) is 30.3 Å². The molecule has 1 aromatic carbocycles. The van der Waals surface area contributed by atoms with Gasteiger partial charge >= 0.3 is 5.97 Å². The lowest BCUT2D eigenvalue weighted by Crippen LogP contribution is -2.40. The van der Waals surface area contributed by atoms with Crippen LogP contribution in [0.1, 0.15) is 38.7 Å². The largest absolute Gasteiger partial charge is 0.480 e. The van der Waals surface area contributed by atoms with E-state index in [-0.39, 0.29) is 5.41 Å². The monoisotopic (exact) mass is 247 g/mol. The highest BCUT2D eigenvalue weighted by Crippen LogP contribution is 2.40. The number of benzene rings is 1. The first-order chi connectivity index (χ1) is 8.51. The van der Waals surface area contributed by atoms with E-state index in [1.807, 2.05) is 6.07 Å². The minimum Gasteiger partial charge on any atom is -0.480 e. The molecular formula is C15H21NO2. The fourth-order valence-corrected chi connectivity index (χ4v) is 2.91. The van der Waals surface area contributed by atoms with Crippen LogP contribution < -0.4 is 5.32 Å². The molecule has 3 nitrogen and oxygen atoms in total. The van der Waals surface area contributed by atoms with Crippen LogP contribution in [0.5, 0.6) is 0 Å². The third-order valence-corrected chi connectivity index (χ3v) is 4.07. The van der Waals surface area contributed by atoms with Gasteiger partial charge in [-0.1, -0.05) is 37.3 Å². The first kappa shape index (κ1) is 13.1. The third kappa shape index (κ3) is 2.72. The zero-order valence-corrected chi connectivity index (χ0v) is 11.0. The molecule has 2 rings (SSSR count). The molecule has 18 heavy (non-hydrogen) atoms. The fraction of sp³-hybridized carbons (Fsp3) is 0.533. The van der Waals surface area contributed by atoms with Gasteiger partial charge in [0.25, 0.3) is 0 Å². The number of hydrogen-bond acceptors (Lipinski definition) is 2. The summed E-state index contributed by atoms with van der Waals surface area (Å²) < 4.78 is 0. The number of hydrogen-bond donors (Lipinski definition) is 2. The molecule has 1 aliphatic rings. The van der Waals surface area contributed by atoms with Crippen LogP contribution in [0.3, 0.4) is 0 Å². The van der Waals surface area contributed by atoms with Gasteiger partial charge in [-0.2, -0.15) is 0 Å². The molecule has 3 atom stereocenters. The minimum atomic E-state index is -0.775. The Kier molecular flexibility index (Phi) is 3.71. The lowest BCUT2D eigenvalue weighted by Gasteiger charge is -2.25. The van der Waals surface area contributed by atoms with Crippen LogP contribution in [0.4, 0.5) is 0 Å². The van der Waals surface area contributed by atoms with Gasteiger partial charge in [-0.3, -0.25) is 4.79 Å². The molecule has 3 heteroatoms. The van der Waals surface area contributed by atoms with Gasteiger partial charge in [0.05, 0.1) is 0 Å². The van der Waals surface area contributed by atoms with Crippen molar-refractivity contribution >= 4 is 5.97 Å². The summed E-state index contributed by atoms with van der Waals surface area (Å²) >= 11 is 0. The van der Waals surface area contributed by atoms with Gasteiger partial charge in [0.2, 0.25) is 0 Å². The molecule has 0 heterocycles. The van der Waals surface area contributed by atoms with Gasteiger partial charge in [-0.15, -0.1) is 0 Å². The van der Waals surface area contributed by atoms with Gasteiger partial charge in [0, 0.05) is 6.04 Å². The molecule has 0 spiro atoms. The van der Waals surface area contributed by atoms with Crippen LogP contribution >= 0.6 is 0 Å². The van der Waals surface area contributed by atoms with E-state index in [1.165, 1.54) is 5.56 Å². The molecule has 1 aliphatic carbocycles. The summed E-state index contributed by atoms with van der Waals surface area (Å²) in [6, 6.07) is 10.4. The summed E-state index contributed by atoms with van der Waals surface area (Å²) in [5.74, 6) is -0.775. The van der Waals surface area contributed by atoms with Gasteiger partial charge in [-0.05, 0) is 37.2 Å². The molecule has 1 saturated carbocycles. The van der Waals surface area contributed by atoms with Crippen molar-refractivity contribution in [2.75, 3.05) is 0 Å². The van der Waals surface area contributed by atoms with E-state index >= 15 is 0 Å². The second kappa shape index (κ2) is 5.11. The Labute approximate surface area is 108 Å². The molecule has 0 bridgehead atoms. The van der Waals surface area contributed by atoms with Crippen LogP contribution in [-0.2, 0) is 10.2 Å². The maximum atomic E-state index is 10.9. The first-order valence-corrected chi connectivity index (χ1v) is 6.56. The molecule has 0 amide bonds. The number of carbonyl (C=O) groups is 1. The maximum Gasteiger partial charge on any atom is 0.320 e.